The number of anilines is 1. The van der Waals surface area contributed by atoms with Gasteiger partial charge >= 0.3 is 0 Å². The van der Waals surface area contributed by atoms with Crippen LogP contribution < -0.4 is 5.32 Å². The Morgan fingerprint density at radius 2 is 1.52 bits per heavy atom. The van der Waals surface area contributed by atoms with Crippen LogP contribution in [0.4, 0.5) is 5.69 Å². The Kier molecular flexibility index (Phi) is 4.96. The minimum Gasteiger partial charge on any atom is -0.324 e. The summed E-state index contributed by atoms with van der Waals surface area (Å²) in [5, 5.41) is 2.90. The van der Waals surface area contributed by atoms with E-state index in [1.807, 2.05) is 18.2 Å². The standard InChI is InChI=1S/C26H22N2O3/c29-23(16-28-15-7-14-22(28)17-8-2-1-3-9-17)27-21-13-6-12-20-24(21)26(31)19-11-5-4-10-18(19)25(20)30/h1-6,8-13,22H,7,14-16H2,(H,27,29). The first-order valence-electron chi connectivity index (χ1n) is 10.5. The fourth-order valence-electron chi connectivity index (χ4n) is 4.69. The molecule has 5 heteroatoms. The molecule has 1 saturated heterocycles. The highest BCUT2D eigenvalue weighted by Crippen LogP contribution is 2.33. The molecule has 0 aromatic heterocycles. The Morgan fingerprint density at radius 3 is 2.29 bits per heavy atom. The highest BCUT2D eigenvalue weighted by molar-refractivity contribution is 6.30. The van der Waals surface area contributed by atoms with Gasteiger partial charge in [-0.05, 0) is 31.0 Å². The van der Waals surface area contributed by atoms with E-state index in [4.69, 9.17) is 0 Å². The molecule has 1 fully saturated rings. The molecule has 5 nitrogen and oxygen atoms in total. The van der Waals surface area contributed by atoms with Gasteiger partial charge in [0.25, 0.3) is 0 Å². The van der Waals surface area contributed by atoms with E-state index in [0.29, 0.717) is 22.4 Å². The van der Waals surface area contributed by atoms with Gasteiger partial charge in [-0.15, -0.1) is 0 Å². The summed E-state index contributed by atoms with van der Waals surface area (Å²) in [6.45, 7) is 1.09. The zero-order chi connectivity index (χ0) is 21.4. The number of ketones is 2. The van der Waals surface area contributed by atoms with Crippen LogP contribution in [0.15, 0.2) is 72.8 Å². The number of fused-ring (bicyclic) bond motifs is 2. The highest BCUT2D eigenvalue weighted by Gasteiger charge is 2.32. The maximum atomic E-state index is 13.1. The molecule has 5 rings (SSSR count). The van der Waals surface area contributed by atoms with Gasteiger partial charge in [-0.25, -0.2) is 0 Å². The van der Waals surface area contributed by atoms with Gasteiger partial charge in [-0.1, -0.05) is 66.7 Å². The molecule has 154 valence electrons. The van der Waals surface area contributed by atoms with Crippen molar-refractivity contribution in [3.05, 3.63) is 101 Å². The first-order valence-corrected chi connectivity index (χ1v) is 10.5. The normalized spacial score (nSPS) is 17.9. The van der Waals surface area contributed by atoms with E-state index in [1.165, 1.54) is 5.56 Å². The molecule has 1 N–H and O–H groups in total. The van der Waals surface area contributed by atoms with E-state index in [-0.39, 0.29) is 35.6 Å². The number of carbonyl (C=O) groups excluding carboxylic acids is 3. The number of carbonyl (C=O) groups is 3. The Bertz CT molecular complexity index is 1190. The number of nitrogens with zero attached hydrogens (tertiary/aromatic N) is 1. The zero-order valence-electron chi connectivity index (χ0n) is 17.0. The number of benzene rings is 3. The lowest BCUT2D eigenvalue weighted by molar-refractivity contribution is -0.117. The number of amides is 1. The molecule has 3 aromatic rings. The topological polar surface area (TPSA) is 66.5 Å². The molecular formula is C26H22N2O3. The first kappa shape index (κ1) is 19.4. The predicted molar refractivity (Wildman–Crippen MR) is 118 cm³/mol. The number of hydrogen-bond donors (Lipinski definition) is 1. The van der Waals surface area contributed by atoms with Crippen LogP contribution in [0.3, 0.4) is 0 Å². The molecule has 31 heavy (non-hydrogen) atoms. The van der Waals surface area contributed by atoms with Crippen molar-refractivity contribution in [2.75, 3.05) is 18.4 Å². The van der Waals surface area contributed by atoms with Crippen LogP contribution in [0, 0.1) is 0 Å². The lowest BCUT2D eigenvalue weighted by Gasteiger charge is -2.25. The molecule has 1 heterocycles. The molecule has 0 bridgehead atoms. The molecular weight excluding hydrogens is 388 g/mol. The highest BCUT2D eigenvalue weighted by atomic mass is 16.2. The van der Waals surface area contributed by atoms with Gasteiger partial charge in [0.1, 0.15) is 0 Å². The summed E-state index contributed by atoms with van der Waals surface area (Å²) in [6.07, 6.45) is 2.05. The van der Waals surface area contributed by atoms with Gasteiger partial charge in [0.2, 0.25) is 5.91 Å². The quantitative estimate of drug-likeness (QED) is 0.547. The molecule has 1 amide bonds. The Labute approximate surface area is 180 Å². The van der Waals surface area contributed by atoms with Gasteiger partial charge in [0, 0.05) is 22.7 Å². The monoisotopic (exact) mass is 410 g/mol. The molecule has 1 atom stereocenters. The van der Waals surface area contributed by atoms with Crippen LogP contribution in [-0.2, 0) is 4.79 Å². The molecule has 3 aromatic carbocycles. The molecule has 1 unspecified atom stereocenters. The second-order valence-corrected chi connectivity index (χ2v) is 8.02. The minimum absolute atomic E-state index is 0.185. The second-order valence-electron chi connectivity index (χ2n) is 8.02. The third-order valence-corrected chi connectivity index (χ3v) is 6.12. The zero-order valence-corrected chi connectivity index (χ0v) is 17.0. The molecule has 1 aliphatic heterocycles. The van der Waals surface area contributed by atoms with E-state index in [2.05, 4.69) is 22.3 Å². The van der Waals surface area contributed by atoms with Gasteiger partial charge in [-0.3, -0.25) is 19.3 Å². The Hall–Kier alpha value is -3.57. The summed E-state index contributed by atoms with van der Waals surface area (Å²) in [6, 6.07) is 22.3. The molecule has 0 spiro atoms. The van der Waals surface area contributed by atoms with E-state index < -0.39 is 0 Å². The van der Waals surface area contributed by atoms with Crippen molar-refractivity contribution in [1.29, 1.82) is 0 Å². The molecule has 0 radical (unpaired) electrons. The summed E-state index contributed by atoms with van der Waals surface area (Å²) in [5.74, 6) is -0.607. The number of likely N-dealkylation sites (tertiary alicyclic amines) is 1. The fraction of sp³-hybridized carbons (Fsp3) is 0.192. The van der Waals surface area contributed by atoms with Gasteiger partial charge in [0.05, 0.1) is 17.8 Å². The average molecular weight is 410 g/mol. The summed E-state index contributed by atoms with van der Waals surface area (Å²) in [4.78, 5) is 41.1. The molecule has 0 saturated carbocycles. The summed E-state index contributed by atoms with van der Waals surface area (Å²) >= 11 is 0. The lowest BCUT2D eigenvalue weighted by Crippen LogP contribution is -2.33. The van der Waals surface area contributed by atoms with Gasteiger partial charge in [0.15, 0.2) is 11.6 Å². The van der Waals surface area contributed by atoms with Crippen molar-refractivity contribution in [3.8, 4) is 0 Å². The van der Waals surface area contributed by atoms with Crippen LogP contribution in [-0.4, -0.2) is 35.5 Å². The van der Waals surface area contributed by atoms with Crippen molar-refractivity contribution >= 4 is 23.2 Å². The SMILES string of the molecule is O=C(CN1CCCC1c1ccccc1)Nc1cccc2c1C(=O)c1ccccc1C2=O. The Morgan fingerprint density at radius 1 is 0.839 bits per heavy atom. The molecule has 1 aliphatic carbocycles. The number of hydrogen-bond acceptors (Lipinski definition) is 4. The lowest BCUT2D eigenvalue weighted by atomic mass is 9.83. The summed E-state index contributed by atoms with van der Waals surface area (Å²) < 4.78 is 0. The van der Waals surface area contributed by atoms with Crippen LogP contribution in [0.25, 0.3) is 0 Å². The van der Waals surface area contributed by atoms with Crippen LogP contribution in [0.2, 0.25) is 0 Å². The van der Waals surface area contributed by atoms with E-state index >= 15 is 0 Å². The predicted octanol–water partition coefficient (Wildman–Crippen LogP) is 4.24. The van der Waals surface area contributed by atoms with Gasteiger partial charge in [-0.2, -0.15) is 0 Å². The van der Waals surface area contributed by atoms with Crippen LogP contribution in [0.1, 0.15) is 56.3 Å². The second kappa shape index (κ2) is 7.93. The van der Waals surface area contributed by atoms with E-state index in [9.17, 15) is 14.4 Å². The van der Waals surface area contributed by atoms with Crippen molar-refractivity contribution in [2.24, 2.45) is 0 Å². The van der Waals surface area contributed by atoms with Crippen molar-refractivity contribution in [2.45, 2.75) is 18.9 Å². The van der Waals surface area contributed by atoms with Crippen LogP contribution >= 0.6 is 0 Å². The smallest absolute Gasteiger partial charge is 0.238 e. The Balaban J connectivity index is 1.38. The molecule has 2 aliphatic rings. The largest absolute Gasteiger partial charge is 0.324 e. The third kappa shape index (κ3) is 3.47. The van der Waals surface area contributed by atoms with E-state index in [1.54, 1.807) is 42.5 Å². The summed E-state index contributed by atoms with van der Waals surface area (Å²) in [5.41, 5.74) is 3.01. The first-order chi connectivity index (χ1) is 15.1. The van der Waals surface area contributed by atoms with Crippen LogP contribution in [0.5, 0.6) is 0 Å². The number of rotatable bonds is 4. The van der Waals surface area contributed by atoms with Crippen molar-refractivity contribution in [1.82, 2.24) is 4.90 Å². The summed E-state index contributed by atoms with van der Waals surface area (Å²) in [7, 11) is 0. The fourth-order valence-corrected chi connectivity index (χ4v) is 4.69. The maximum Gasteiger partial charge on any atom is 0.238 e. The minimum atomic E-state index is -0.232. The average Bonchev–Trinajstić information content (AvgIpc) is 3.26. The third-order valence-electron chi connectivity index (χ3n) is 6.12. The maximum absolute atomic E-state index is 13.1. The van der Waals surface area contributed by atoms with E-state index in [0.717, 1.165) is 19.4 Å². The van der Waals surface area contributed by atoms with Gasteiger partial charge < -0.3 is 5.32 Å². The van der Waals surface area contributed by atoms with Crippen molar-refractivity contribution in [3.63, 3.8) is 0 Å². The van der Waals surface area contributed by atoms with Crippen molar-refractivity contribution < 1.29 is 14.4 Å². The number of nitrogens with one attached hydrogen (secondary N) is 1.